The van der Waals surface area contributed by atoms with Crippen molar-refractivity contribution >= 4 is 23.3 Å². The molecule has 0 amide bonds. The van der Waals surface area contributed by atoms with Crippen molar-refractivity contribution in [2.45, 2.75) is 63.1 Å². The Hall–Kier alpha value is -2.41. The molecule has 6 nitrogen and oxygen atoms in total. The second-order valence-corrected chi connectivity index (χ2v) is 8.52. The van der Waals surface area contributed by atoms with E-state index in [0.717, 1.165) is 10.8 Å². The van der Waals surface area contributed by atoms with Crippen LogP contribution in [-0.2, 0) is 9.53 Å². The van der Waals surface area contributed by atoms with Gasteiger partial charge in [-0.25, -0.2) is 0 Å². The Bertz CT molecular complexity index is 863. The number of nitrogens with zero attached hydrogens (tertiary/aromatic N) is 3. The molecule has 160 valence electrons. The van der Waals surface area contributed by atoms with E-state index < -0.39 is 0 Å². The van der Waals surface area contributed by atoms with Crippen LogP contribution in [0.2, 0.25) is 0 Å². The molecule has 2 aromatic heterocycles. The highest BCUT2D eigenvalue weighted by atomic mass is 32.1. The van der Waals surface area contributed by atoms with E-state index in [0.29, 0.717) is 25.4 Å². The predicted octanol–water partition coefficient (Wildman–Crippen LogP) is 4.31. The fourth-order valence-electron chi connectivity index (χ4n) is 4.81. The van der Waals surface area contributed by atoms with Crippen LogP contribution < -0.4 is 5.32 Å². The van der Waals surface area contributed by atoms with Crippen LogP contribution in [0.4, 0.5) is 0 Å². The second-order valence-electron chi connectivity index (χ2n) is 8.13. The first-order chi connectivity index (χ1) is 14.7. The topological polar surface area (TPSA) is 59.4 Å². The Balaban J connectivity index is 1.64. The number of esters is 1. The van der Waals surface area contributed by atoms with Gasteiger partial charge in [0.2, 0.25) is 0 Å². The Kier molecular flexibility index (Phi) is 6.67. The minimum atomic E-state index is -0.184. The Labute approximate surface area is 183 Å². The first-order valence-electron chi connectivity index (χ1n) is 10.9. The van der Waals surface area contributed by atoms with E-state index in [2.05, 4.69) is 44.2 Å². The molecule has 0 aromatic carbocycles. The van der Waals surface area contributed by atoms with Crippen LogP contribution in [0.3, 0.4) is 0 Å². The number of aromatic nitrogens is 2. The van der Waals surface area contributed by atoms with Gasteiger partial charge in [0.1, 0.15) is 0 Å². The molecule has 1 aliphatic carbocycles. The number of methoxy groups -OCH3 is 1. The van der Waals surface area contributed by atoms with Gasteiger partial charge in [-0.2, -0.15) is 0 Å². The van der Waals surface area contributed by atoms with Crippen molar-refractivity contribution in [1.82, 2.24) is 19.8 Å². The van der Waals surface area contributed by atoms with E-state index in [1.807, 2.05) is 18.3 Å². The second kappa shape index (κ2) is 9.60. The average molecular weight is 427 g/mol. The molecule has 0 bridgehead atoms. The van der Waals surface area contributed by atoms with E-state index in [4.69, 9.17) is 17.0 Å². The molecule has 3 heterocycles. The molecule has 1 saturated heterocycles. The van der Waals surface area contributed by atoms with Gasteiger partial charge in [-0.15, -0.1) is 0 Å². The Morgan fingerprint density at radius 1 is 1.23 bits per heavy atom. The number of ether oxygens (including phenoxy) is 1. The molecule has 0 spiro atoms. The number of carbonyl (C=O) groups excluding carboxylic acids is 1. The van der Waals surface area contributed by atoms with Crippen LogP contribution in [-0.4, -0.2) is 39.2 Å². The van der Waals surface area contributed by atoms with Crippen LogP contribution >= 0.6 is 12.2 Å². The van der Waals surface area contributed by atoms with Gasteiger partial charge in [-0.05, 0) is 55.7 Å². The fraction of sp³-hybridized carbons (Fsp3) is 0.522. The third-order valence-corrected chi connectivity index (χ3v) is 6.64. The molecule has 30 heavy (non-hydrogen) atoms. The minimum Gasteiger partial charge on any atom is -0.469 e. The molecule has 2 atom stereocenters. The Morgan fingerprint density at radius 3 is 2.80 bits per heavy atom. The smallest absolute Gasteiger partial charge is 0.305 e. The van der Waals surface area contributed by atoms with Crippen molar-refractivity contribution in [2.24, 2.45) is 0 Å². The molecule has 0 unspecified atom stereocenters. The van der Waals surface area contributed by atoms with E-state index in [9.17, 15) is 4.79 Å². The van der Waals surface area contributed by atoms with Gasteiger partial charge >= 0.3 is 5.97 Å². The number of nitrogens with one attached hydrogen (secondary N) is 1. The maximum atomic E-state index is 11.6. The number of thiocarbonyl (C=S) groups is 1. The van der Waals surface area contributed by atoms with Crippen molar-refractivity contribution < 1.29 is 9.53 Å². The van der Waals surface area contributed by atoms with Crippen LogP contribution in [0.25, 0.3) is 0 Å². The molecule has 0 radical (unpaired) electrons. The average Bonchev–Trinajstić information content (AvgIpc) is 3.39. The highest BCUT2D eigenvalue weighted by Crippen LogP contribution is 2.41. The molecular weight excluding hydrogens is 396 g/mol. The SMILES string of the molecule is COC(=O)CCCN1C(=S)N[C@H](c2ccccn2)[C@@H]1c1cccn1C1CCCCC1. The van der Waals surface area contributed by atoms with Crippen LogP contribution in [0, 0.1) is 0 Å². The van der Waals surface area contributed by atoms with Gasteiger partial charge in [-0.1, -0.05) is 25.3 Å². The fourth-order valence-corrected chi connectivity index (χ4v) is 5.14. The molecule has 1 saturated carbocycles. The van der Waals surface area contributed by atoms with Gasteiger partial charge in [-0.3, -0.25) is 9.78 Å². The zero-order chi connectivity index (χ0) is 20.9. The summed E-state index contributed by atoms with van der Waals surface area (Å²) in [6.07, 6.45) is 11.5. The number of hydrogen-bond acceptors (Lipinski definition) is 4. The molecule has 1 aliphatic heterocycles. The third-order valence-electron chi connectivity index (χ3n) is 6.29. The molecule has 2 aromatic rings. The van der Waals surface area contributed by atoms with Gasteiger partial charge in [0, 0.05) is 37.1 Å². The van der Waals surface area contributed by atoms with E-state index in [-0.39, 0.29) is 18.1 Å². The van der Waals surface area contributed by atoms with Crippen molar-refractivity contribution in [3.8, 4) is 0 Å². The summed E-state index contributed by atoms with van der Waals surface area (Å²) in [7, 11) is 1.43. The molecule has 4 rings (SSSR count). The van der Waals surface area contributed by atoms with Crippen molar-refractivity contribution in [3.05, 3.63) is 54.1 Å². The number of rotatable bonds is 7. The summed E-state index contributed by atoms with van der Waals surface area (Å²) in [5.41, 5.74) is 2.25. The molecular formula is C23H30N4O2S. The Morgan fingerprint density at radius 2 is 2.07 bits per heavy atom. The highest BCUT2D eigenvalue weighted by Gasteiger charge is 2.41. The standard InChI is InChI=1S/C23H30N4O2S/c1-29-20(28)13-8-16-27-22(21(25-23(27)30)18-11-5-6-14-24-18)19-12-7-15-26(19)17-9-3-2-4-10-17/h5-7,11-12,14-15,17,21-22H,2-4,8-10,13,16H2,1H3,(H,25,30)/t21-,22+/m1/s1. The number of pyridine rings is 1. The third kappa shape index (κ3) is 4.36. The summed E-state index contributed by atoms with van der Waals surface area (Å²) in [5, 5.41) is 4.23. The lowest BCUT2D eigenvalue weighted by molar-refractivity contribution is -0.140. The molecule has 1 N–H and O–H groups in total. The highest BCUT2D eigenvalue weighted by molar-refractivity contribution is 7.80. The number of carbonyl (C=O) groups is 1. The summed E-state index contributed by atoms with van der Waals surface area (Å²) >= 11 is 5.74. The zero-order valence-corrected chi connectivity index (χ0v) is 18.3. The van der Waals surface area contributed by atoms with Crippen LogP contribution in [0.1, 0.15) is 74.5 Å². The largest absolute Gasteiger partial charge is 0.469 e. The normalized spacial score (nSPS) is 22.2. The van der Waals surface area contributed by atoms with Crippen LogP contribution in [0.5, 0.6) is 0 Å². The minimum absolute atomic E-state index is 0.0194. The predicted molar refractivity (Wildman–Crippen MR) is 120 cm³/mol. The van der Waals surface area contributed by atoms with E-state index >= 15 is 0 Å². The summed E-state index contributed by atoms with van der Waals surface area (Å²) in [6, 6.07) is 10.9. The van der Waals surface area contributed by atoms with Gasteiger partial charge in [0.15, 0.2) is 5.11 Å². The summed E-state index contributed by atoms with van der Waals surface area (Å²) in [4.78, 5) is 18.5. The van der Waals surface area contributed by atoms with Gasteiger partial charge < -0.3 is 19.5 Å². The summed E-state index contributed by atoms with van der Waals surface area (Å²) < 4.78 is 7.27. The molecule has 7 heteroatoms. The lowest BCUT2D eigenvalue weighted by Gasteiger charge is -2.32. The lowest BCUT2D eigenvalue weighted by atomic mass is 9.94. The summed E-state index contributed by atoms with van der Waals surface area (Å²) in [5.74, 6) is -0.184. The first-order valence-corrected chi connectivity index (χ1v) is 11.3. The van der Waals surface area contributed by atoms with Gasteiger partial charge in [0.05, 0.1) is 24.9 Å². The lowest BCUT2D eigenvalue weighted by Crippen LogP contribution is -2.32. The maximum absolute atomic E-state index is 11.6. The van der Waals surface area contributed by atoms with E-state index in [1.54, 1.807) is 0 Å². The van der Waals surface area contributed by atoms with Crippen molar-refractivity contribution in [2.75, 3.05) is 13.7 Å². The first kappa shape index (κ1) is 20.8. The monoisotopic (exact) mass is 426 g/mol. The molecule has 2 aliphatic rings. The quantitative estimate of drug-likeness (QED) is 0.526. The van der Waals surface area contributed by atoms with E-state index in [1.165, 1.54) is 44.9 Å². The van der Waals surface area contributed by atoms with Crippen molar-refractivity contribution in [1.29, 1.82) is 0 Å². The van der Waals surface area contributed by atoms with Gasteiger partial charge in [0.25, 0.3) is 0 Å². The van der Waals surface area contributed by atoms with Crippen LogP contribution in [0.15, 0.2) is 42.7 Å². The molecule has 2 fully saturated rings. The van der Waals surface area contributed by atoms with Crippen molar-refractivity contribution in [3.63, 3.8) is 0 Å². The number of hydrogen-bond donors (Lipinski definition) is 1. The maximum Gasteiger partial charge on any atom is 0.305 e. The summed E-state index contributed by atoms with van der Waals surface area (Å²) in [6.45, 7) is 0.699. The zero-order valence-electron chi connectivity index (χ0n) is 17.5.